The van der Waals surface area contributed by atoms with Crippen LogP contribution in [0, 0.1) is 0 Å². The lowest BCUT2D eigenvalue weighted by Gasteiger charge is -1.89. The molecule has 0 aromatic heterocycles. The average molecular weight is 134 g/mol. The molecule has 0 aliphatic rings. The Morgan fingerprint density at radius 1 is 1.57 bits per heavy atom. The summed E-state index contributed by atoms with van der Waals surface area (Å²) in [5, 5.41) is 0. The third-order valence-corrected chi connectivity index (χ3v) is 0.222. The van der Waals surface area contributed by atoms with Gasteiger partial charge >= 0.3 is 0 Å². The summed E-state index contributed by atoms with van der Waals surface area (Å²) in [6.07, 6.45) is -2.45. The Labute approximate surface area is 46.0 Å². The number of rotatable bonds is 2. The number of halogens is 3. The highest BCUT2D eigenvalue weighted by Crippen LogP contribution is 1.87. The van der Waals surface area contributed by atoms with Crippen LogP contribution in [-0.4, -0.2) is 13.0 Å². The normalized spacial score (nSPS) is 8.57. The molecular weight excluding hydrogens is 127 g/mol. The Balaban J connectivity index is 0. The summed E-state index contributed by atoms with van der Waals surface area (Å²) >= 11 is 0. The van der Waals surface area contributed by atoms with Crippen molar-refractivity contribution >= 4 is 12.4 Å². The fourth-order valence-corrected chi connectivity index (χ4v) is 0.0727. The van der Waals surface area contributed by atoms with E-state index in [4.69, 9.17) is 0 Å². The summed E-state index contributed by atoms with van der Waals surface area (Å²) in [5.74, 6) is 4.25. The van der Waals surface area contributed by atoms with Crippen molar-refractivity contribution in [2.75, 3.05) is 6.61 Å². The highest BCUT2D eigenvalue weighted by molar-refractivity contribution is 5.85. The van der Waals surface area contributed by atoms with Crippen LogP contribution in [0.3, 0.4) is 0 Å². The van der Waals surface area contributed by atoms with Crippen molar-refractivity contribution in [1.82, 2.24) is 0 Å². The summed E-state index contributed by atoms with van der Waals surface area (Å²) in [6.45, 7) is -0.681. The van der Waals surface area contributed by atoms with Crippen LogP contribution in [0.15, 0.2) is 0 Å². The van der Waals surface area contributed by atoms with Crippen LogP contribution in [-0.2, 0) is 4.84 Å². The quantitative estimate of drug-likeness (QED) is 0.559. The van der Waals surface area contributed by atoms with Gasteiger partial charge in [-0.1, -0.05) is 0 Å². The van der Waals surface area contributed by atoms with Gasteiger partial charge in [0.1, 0.15) is 6.61 Å². The first-order chi connectivity index (χ1) is 2.77. The highest BCUT2D eigenvalue weighted by atomic mass is 35.5. The van der Waals surface area contributed by atoms with Crippen LogP contribution in [0.25, 0.3) is 0 Å². The largest absolute Gasteiger partial charge is 0.299 e. The van der Waals surface area contributed by atoms with E-state index in [0.717, 1.165) is 0 Å². The Kier molecular flexibility index (Phi) is 8.79. The van der Waals surface area contributed by atoms with Crippen LogP contribution < -0.4 is 5.90 Å². The molecule has 0 aliphatic heterocycles. The van der Waals surface area contributed by atoms with Crippen LogP contribution in [0.1, 0.15) is 0 Å². The van der Waals surface area contributed by atoms with Crippen LogP contribution in [0.4, 0.5) is 8.78 Å². The minimum absolute atomic E-state index is 0. The molecule has 0 atom stereocenters. The lowest BCUT2D eigenvalue weighted by molar-refractivity contribution is 0.0171. The van der Waals surface area contributed by atoms with E-state index >= 15 is 0 Å². The van der Waals surface area contributed by atoms with Crippen LogP contribution in [0.5, 0.6) is 0 Å². The summed E-state index contributed by atoms with van der Waals surface area (Å²) in [7, 11) is 0. The van der Waals surface area contributed by atoms with Gasteiger partial charge in [-0.3, -0.25) is 4.84 Å². The maximum absolute atomic E-state index is 10.8. The van der Waals surface area contributed by atoms with Gasteiger partial charge in [-0.25, -0.2) is 14.7 Å². The number of hydrogen-bond acceptors (Lipinski definition) is 2. The van der Waals surface area contributed by atoms with E-state index in [1.54, 1.807) is 0 Å². The SMILES string of the molecule is Cl.NOCC(F)F. The first-order valence-electron chi connectivity index (χ1n) is 1.37. The highest BCUT2D eigenvalue weighted by Gasteiger charge is 1.97. The molecule has 0 saturated carbocycles. The monoisotopic (exact) mass is 133 g/mol. The zero-order chi connectivity index (χ0) is 4.99. The predicted molar refractivity (Wildman–Crippen MR) is 23.4 cm³/mol. The standard InChI is InChI=1S/C2H5F2NO.ClH/c3-2(4)1-6-5;/h2H,1,5H2;1H. The summed E-state index contributed by atoms with van der Waals surface area (Å²) in [4.78, 5) is 3.55. The molecule has 2 nitrogen and oxygen atoms in total. The molecule has 0 heterocycles. The molecule has 5 heteroatoms. The maximum atomic E-state index is 10.8. The number of nitrogens with two attached hydrogens (primary N) is 1. The van der Waals surface area contributed by atoms with E-state index in [0.29, 0.717) is 0 Å². The predicted octanol–water partition coefficient (Wildman–Crippen LogP) is 0.564. The Morgan fingerprint density at radius 2 is 2.00 bits per heavy atom. The fourth-order valence-electron chi connectivity index (χ4n) is 0.0727. The maximum Gasteiger partial charge on any atom is 0.263 e. The van der Waals surface area contributed by atoms with Crippen LogP contribution >= 0.6 is 12.4 Å². The second-order valence-corrected chi connectivity index (χ2v) is 0.724. The second kappa shape index (κ2) is 6.07. The lowest BCUT2D eigenvalue weighted by Crippen LogP contribution is -2.08. The van der Waals surface area contributed by atoms with E-state index in [-0.39, 0.29) is 12.4 Å². The number of hydrogen-bond donors (Lipinski definition) is 1. The van der Waals surface area contributed by atoms with E-state index in [1.165, 1.54) is 0 Å². The summed E-state index contributed by atoms with van der Waals surface area (Å²) in [6, 6.07) is 0. The fraction of sp³-hybridized carbons (Fsp3) is 1.00. The van der Waals surface area contributed by atoms with Gasteiger partial charge in [-0.05, 0) is 0 Å². The van der Waals surface area contributed by atoms with Crippen molar-refractivity contribution in [2.45, 2.75) is 6.43 Å². The smallest absolute Gasteiger partial charge is 0.263 e. The van der Waals surface area contributed by atoms with Gasteiger partial charge in [0, 0.05) is 0 Å². The minimum Gasteiger partial charge on any atom is -0.299 e. The van der Waals surface area contributed by atoms with Crippen molar-refractivity contribution in [3.63, 3.8) is 0 Å². The molecule has 7 heavy (non-hydrogen) atoms. The summed E-state index contributed by atoms with van der Waals surface area (Å²) < 4.78 is 21.7. The molecular formula is C2H6ClF2NO. The molecule has 46 valence electrons. The minimum atomic E-state index is -2.45. The van der Waals surface area contributed by atoms with E-state index in [1.807, 2.05) is 0 Å². The second-order valence-electron chi connectivity index (χ2n) is 0.724. The molecule has 0 bridgehead atoms. The van der Waals surface area contributed by atoms with Gasteiger partial charge in [0.25, 0.3) is 6.43 Å². The van der Waals surface area contributed by atoms with Gasteiger partial charge in [0.05, 0.1) is 0 Å². The third-order valence-electron chi connectivity index (χ3n) is 0.222. The van der Waals surface area contributed by atoms with Gasteiger partial charge < -0.3 is 0 Å². The van der Waals surface area contributed by atoms with Crippen molar-refractivity contribution in [2.24, 2.45) is 5.90 Å². The van der Waals surface area contributed by atoms with Gasteiger partial charge in [0.2, 0.25) is 0 Å². The molecule has 0 spiro atoms. The van der Waals surface area contributed by atoms with Crippen molar-refractivity contribution in [3.05, 3.63) is 0 Å². The Hall–Kier alpha value is 0.0700. The van der Waals surface area contributed by atoms with E-state index in [9.17, 15) is 8.78 Å². The summed E-state index contributed by atoms with van der Waals surface area (Å²) in [5.41, 5.74) is 0. The van der Waals surface area contributed by atoms with Gasteiger partial charge in [-0.2, -0.15) is 0 Å². The molecule has 0 unspecified atom stereocenters. The molecule has 0 saturated heterocycles. The molecule has 0 aliphatic carbocycles. The molecule has 0 aromatic rings. The number of alkyl halides is 2. The van der Waals surface area contributed by atoms with Crippen molar-refractivity contribution in [1.29, 1.82) is 0 Å². The van der Waals surface area contributed by atoms with Crippen molar-refractivity contribution < 1.29 is 13.6 Å². The molecule has 0 rings (SSSR count). The first kappa shape index (κ1) is 10.1. The Morgan fingerprint density at radius 3 is 2.00 bits per heavy atom. The van der Waals surface area contributed by atoms with E-state index in [2.05, 4.69) is 10.7 Å². The van der Waals surface area contributed by atoms with E-state index < -0.39 is 13.0 Å². The molecule has 0 radical (unpaired) electrons. The first-order valence-corrected chi connectivity index (χ1v) is 1.37. The zero-order valence-corrected chi connectivity index (χ0v) is 4.25. The topological polar surface area (TPSA) is 35.2 Å². The van der Waals surface area contributed by atoms with Crippen molar-refractivity contribution in [3.8, 4) is 0 Å². The van der Waals surface area contributed by atoms with Gasteiger partial charge in [-0.15, -0.1) is 12.4 Å². The van der Waals surface area contributed by atoms with Crippen LogP contribution in [0.2, 0.25) is 0 Å². The third kappa shape index (κ3) is 10.7. The molecule has 0 amide bonds. The average Bonchev–Trinajstić information content (AvgIpc) is 1.35. The van der Waals surface area contributed by atoms with Gasteiger partial charge in [0.15, 0.2) is 0 Å². The Bertz CT molecular complexity index is 36.9. The lowest BCUT2D eigenvalue weighted by atomic mass is 10.8. The molecule has 0 fully saturated rings. The molecule has 2 N–H and O–H groups in total. The molecule has 0 aromatic carbocycles. The zero-order valence-electron chi connectivity index (χ0n) is 3.43.